The molecule has 0 aliphatic rings. The molecule has 0 aliphatic carbocycles. The summed E-state index contributed by atoms with van der Waals surface area (Å²) >= 11 is 0. The third-order valence-corrected chi connectivity index (χ3v) is 4.25. The second-order valence-electron chi connectivity index (χ2n) is 4.56. The van der Waals surface area contributed by atoms with Crippen LogP contribution in [0.5, 0.6) is 5.75 Å². The summed E-state index contributed by atoms with van der Waals surface area (Å²) in [4.78, 5) is 7.45. The molecule has 0 fully saturated rings. The summed E-state index contributed by atoms with van der Waals surface area (Å²) in [7, 11) is -1.89. The maximum Gasteiger partial charge on any atom is 0.212 e. The van der Waals surface area contributed by atoms with Crippen molar-refractivity contribution in [1.82, 2.24) is 14.7 Å². The fourth-order valence-electron chi connectivity index (χ4n) is 1.70. The number of sulfonamides is 1. The number of hydrogen-bond donors (Lipinski definition) is 1. The smallest absolute Gasteiger partial charge is 0.212 e. The predicted octanol–water partition coefficient (Wildman–Crippen LogP) is 1.29. The van der Waals surface area contributed by atoms with Crippen LogP contribution in [0.25, 0.3) is 0 Å². The van der Waals surface area contributed by atoms with E-state index in [2.05, 4.69) is 14.7 Å². The zero-order valence-corrected chi connectivity index (χ0v) is 12.8. The van der Waals surface area contributed by atoms with Crippen LogP contribution in [0.4, 0.5) is 4.39 Å². The average molecular weight is 325 g/mol. The van der Waals surface area contributed by atoms with Crippen LogP contribution in [-0.2, 0) is 23.0 Å². The van der Waals surface area contributed by atoms with Crippen molar-refractivity contribution in [2.75, 3.05) is 12.9 Å². The zero-order valence-electron chi connectivity index (χ0n) is 12.0. The van der Waals surface area contributed by atoms with Crippen LogP contribution >= 0.6 is 0 Å². The maximum atomic E-state index is 12.7. The number of hydrogen-bond acceptors (Lipinski definition) is 5. The maximum absolute atomic E-state index is 12.7. The lowest BCUT2D eigenvalue weighted by Gasteiger charge is -2.07. The normalized spacial score (nSPS) is 11.4. The first-order valence-corrected chi connectivity index (χ1v) is 8.20. The Labute approximate surface area is 128 Å². The van der Waals surface area contributed by atoms with Gasteiger partial charge < -0.3 is 4.74 Å². The summed E-state index contributed by atoms with van der Waals surface area (Å²) < 4.78 is 44.0. The third-order valence-electron chi connectivity index (χ3n) is 2.92. The van der Waals surface area contributed by atoms with E-state index >= 15 is 0 Å². The molecule has 2 rings (SSSR count). The molecule has 1 heterocycles. The predicted molar refractivity (Wildman–Crippen MR) is 79.3 cm³/mol. The van der Waals surface area contributed by atoms with Gasteiger partial charge in [0.2, 0.25) is 10.0 Å². The third kappa shape index (κ3) is 5.05. The summed E-state index contributed by atoms with van der Waals surface area (Å²) in [6.45, 7) is 0.191. The van der Waals surface area contributed by atoms with E-state index in [1.165, 1.54) is 0 Å². The van der Waals surface area contributed by atoms with Crippen LogP contribution in [0, 0.1) is 5.82 Å². The number of nitrogens with one attached hydrogen (secondary N) is 1. The molecule has 0 saturated carbocycles. The molecule has 1 N–H and O–H groups in total. The van der Waals surface area contributed by atoms with Crippen molar-refractivity contribution in [3.63, 3.8) is 0 Å². The fourth-order valence-corrected chi connectivity index (χ4v) is 2.68. The van der Waals surface area contributed by atoms with Crippen molar-refractivity contribution >= 4 is 10.0 Å². The molecule has 0 radical (unpaired) electrons. The van der Waals surface area contributed by atoms with E-state index < -0.39 is 15.8 Å². The number of aryl methyl sites for hydroxylation is 1. The van der Waals surface area contributed by atoms with Crippen LogP contribution in [0.15, 0.2) is 36.7 Å². The van der Waals surface area contributed by atoms with Gasteiger partial charge >= 0.3 is 0 Å². The van der Waals surface area contributed by atoms with Crippen LogP contribution in [0.2, 0.25) is 0 Å². The molecule has 1 aromatic carbocycles. The lowest BCUT2D eigenvalue weighted by atomic mass is 10.2. The first-order valence-electron chi connectivity index (χ1n) is 6.55. The Kier molecular flexibility index (Phi) is 5.40. The topological polar surface area (TPSA) is 81.2 Å². The highest BCUT2D eigenvalue weighted by molar-refractivity contribution is 7.89. The van der Waals surface area contributed by atoms with Gasteiger partial charge in [0.15, 0.2) is 5.82 Å². The molecule has 8 heteroatoms. The minimum atomic E-state index is -3.46. The van der Waals surface area contributed by atoms with E-state index in [1.54, 1.807) is 31.4 Å². The largest absolute Gasteiger partial charge is 0.497 e. The quantitative estimate of drug-likeness (QED) is 0.829. The molecule has 0 aliphatic heterocycles. The average Bonchev–Trinajstić information content (AvgIpc) is 2.53. The molecule has 118 valence electrons. The van der Waals surface area contributed by atoms with Gasteiger partial charge in [0, 0.05) is 13.0 Å². The number of nitrogens with zero attached hydrogens (tertiary/aromatic N) is 2. The molecule has 0 bridgehead atoms. The Balaban J connectivity index is 1.86. The first kappa shape index (κ1) is 16.3. The van der Waals surface area contributed by atoms with E-state index in [-0.39, 0.29) is 24.5 Å². The van der Waals surface area contributed by atoms with E-state index in [4.69, 9.17) is 4.74 Å². The summed E-state index contributed by atoms with van der Waals surface area (Å²) in [6, 6.07) is 7.08. The van der Waals surface area contributed by atoms with Crippen molar-refractivity contribution in [1.29, 1.82) is 0 Å². The van der Waals surface area contributed by atoms with Crippen molar-refractivity contribution in [2.24, 2.45) is 0 Å². The fraction of sp³-hybridized carbons (Fsp3) is 0.286. The number of halogens is 1. The molecule has 0 amide bonds. The van der Waals surface area contributed by atoms with E-state index in [1.807, 2.05) is 0 Å². The number of benzene rings is 1. The van der Waals surface area contributed by atoms with Crippen molar-refractivity contribution in [3.8, 4) is 5.75 Å². The Morgan fingerprint density at radius 1 is 1.18 bits per heavy atom. The Bertz CT molecular complexity index is 703. The molecule has 0 saturated heterocycles. The lowest BCUT2D eigenvalue weighted by molar-refractivity contribution is 0.414. The first-order chi connectivity index (χ1) is 10.5. The van der Waals surface area contributed by atoms with Crippen LogP contribution < -0.4 is 9.46 Å². The molecule has 2 aromatic rings. The van der Waals surface area contributed by atoms with E-state index in [9.17, 15) is 12.8 Å². The molecular formula is C14H16FN3O3S. The van der Waals surface area contributed by atoms with Gasteiger partial charge in [-0.15, -0.1) is 0 Å². The zero-order chi connectivity index (χ0) is 16.0. The van der Waals surface area contributed by atoms with Crippen molar-refractivity contribution in [3.05, 3.63) is 53.9 Å². The molecule has 22 heavy (non-hydrogen) atoms. The highest BCUT2D eigenvalue weighted by atomic mass is 32.2. The summed E-state index contributed by atoms with van der Waals surface area (Å²) in [6.07, 6.45) is 2.15. The second-order valence-corrected chi connectivity index (χ2v) is 6.48. The summed E-state index contributed by atoms with van der Waals surface area (Å²) in [5.74, 6) is 0.287. The molecule has 0 spiro atoms. The van der Waals surface area contributed by atoms with Gasteiger partial charge in [-0.2, -0.15) is 0 Å². The van der Waals surface area contributed by atoms with Gasteiger partial charge in [0.25, 0.3) is 0 Å². The highest BCUT2D eigenvalue weighted by Gasteiger charge is 2.11. The Morgan fingerprint density at radius 2 is 1.82 bits per heavy atom. The van der Waals surface area contributed by atoms with Crippen molar-refractivity contribution < 1.29 is 17.5 Å². The highest BCUT2D eigenvalue weighted by Crippen LogP contribution is 2.11. The summed E-state index contributed by atoms with van der Waals surface area (Å²) in [5.41, 5.74) is 0.822. The van der Waals surface area contributed by atoms with Crippen LogP contribution in [0.3, 0.4) is 0 Å². The van der Waals surface area contributed by atoms with Crippen LogP contribution in [-0.4, -0.2) is 31.2 Å². The Morgan fingerprint density at radius 3 is 2.41 bits per heavy atom. The molecular weight excluding hydrogens is 309 g/mol. The van der Waals surface area contributed by atoms with E-state index in [0.717, 1.165) is 18.0 Å². The second kappa shape index (κ2) is 7.28. The van der Waals surface area contributed by atoms with E-state index in [0.29, 0.717) is 5.75 Å². The number of rotatable bonds is 7. The minimum absolute atomic E-state index is 0.123. The summed E-state index contributed by atoms with van der Waals surface area (Å²) in [5, 5.41) is 0. The minimum Gasteiger partial charge on any atom is -0.497 e. The van der Waals surface area contributed by atoms with Gasteiger partial charge in [-0.3, -0.25) is 0 Å². The molecule has 0 atom stereocenters. The standard InChI is InChI=1S/C14H16FN3O3S/c1-21-13-4-2-11(3-5-13)8-18-22(19,20)7-6-14-16-9-12(15)10-17-14/h2-5,9-10,18H,6-8H2,1H3. The van der Waals surface area contributed by atoms with Gasteiger partial charge in [-0.25, -0.2) is 27.5 Å². The SMILES string of the molecule is COc1ccc(CNS(=O)(=O)CCc2ncc(F)cn2)cc1. The lowest BCUT2D eigenvalue weighted by Crippen LogP contribution is -2.27. The number of aromatic nitrogens is 2. The molecule has 6 nitrogen and oxygen atoms in total. The van der Waals surface area contributed by atoms with Gasteiger partial charge in [0.05, 0.1) is 25.3 Å². The monoisotopic (exact) mass is 325 g/mol. The molecule has 0 unspecified atom stereocenters. The molecule has 1 aromatic heterocycles. The van der Waals surface area contributed by atoms with Gasteiger partial charge in [0.1, 0.15) is 11.6 Å². The van der Waals surface area contributed by atoms with Gasteiger partial charge in [-0.1, -0.05) is 12.1 Å². The van der Waals surface area contributed by atoms with Crippen LogP contribution in [0.1, 0.15) is 11.4 Å². The number of ether oxygens (including phenoxy) is 1. The van der Waals surface area contributed by atoms with Crippen molar-refractivity contribution in [2.45, 2.75) is 13.0 Å². The number of methoxy groups -OCH3 is 1. The Hall–Kier alpha value is -2.06. The van der Waals surface area contributed by atoms with Gasteiger partial charge in [-0.05, 0) is 17.7 Å².